The summed E-state index contributed by atoms with van der Waals surface area (Å²) in [6.45, 7) is 6.87. The molecule has 6 heteroatoms. The lowest BCUT2D eigenvalue weighted by Gasteiger charge is -2.06. The summed E-state index contributed by atoms with van der Waals surface area (Å²) in [6.07, 6.45) is 0. The lowest BCUT2D eigenvalue weighted by molar-refractivity contribution is 0.0468. The first-order valence-corrected chi connectivity index (χ1v) is 7.98. The number of benzene rings is 1. The highest BCUT2D eigenvalue weighted by atomic mass is 16.5. The van der Waals surface area contributed by atoms with Crippen LogP contribution in [0.4, 0.5) is 0 Å². The van der Waals surface area contributed by atoms with E-state index in [9.17, 15) is 14.4 Å². The minimum atomic E-state index is -0.660. The number of nitrogens with one attached hydrogen (secondary N) is 1. The van der Waals surface area contributed by atoms with Crippen molar-refractivity contribution in [2.45, 2.75) is 27.7 Å². The maximum Gasteiger partial charge on any atom is 0.355 e. The van der Waals surface area contributed by atoms with E-state index in [4.69, 9.17) is 9.47 Å². The van der Waals surface area contributed by atoms with Crippen LogP contribution in [0.25, 0.3) is 0 Å². The smallest absolute Gasteiger partial charge is 0.355 e. The third kappa shape index (κ3) is 4.15. The van der Waals surface area contributed by atoms with Gasteiger partial charge in [-0.15, -0.1) is 0 Å². The van der Waals surface area contributed by atoms with Gasteiger partial charge in [0, 0.05) is 16.8 Å². The number of carbonyl (C=O) groups is 3. The Kier molecular flexibility index (Phi) is 5.75. The molecule has 0 spiro atoms. The molecule has 0 saturated carbocycles. The van der Waals surface area contributed by atoms with Crippen LogP contribution in [-0.2, 0) is 4.74 Å². The average Bonchev–Trinajstić information content (AvgIpc) is 2.88. The Morgan fingerprint density at radius 3 is 2.24 bits per heavy atom. The van der Waals surface area contributed by atoms with Crippen molar-refractivity contribution in [3.8, 4) is 5.75 Å². The highest BCUT2D eigenvalue weighted by Crippen LogP contribution is 2.19. The largest absolute Gasteiger partial charge is 0.494 e. The van der Waals surface area contributed by atoms with Crippen LogP contribution < -0.4 is 4.74 Å². The van der Waals surface area contributed by atoms with Gasteiger partial charge in [-0.2, -0.15) is 0 Å². The van der Waals surface area contributed by atoms with Crippen LogP contribution in [0.3, 0.4) is 0 Å². The van der Waals surface area contributed by atoms with Gasteiger partial charge in [-0.05, 0) is 57.5 Å². The molecule has 0 bridgehead atoms. The number of hydrogen-bond donors (Lipinski definition) is 1. The highest BCUT2D eigenvalue weighted by molar-refractivity contribution is 6.02. The van der Waals surface area contributed by atoms with Crippen molar-refractivity contribution in [1.82, 2.24) is 4.98 Å². The molecule has 0 amide bonds. The first-order chi connectivity index (χ1) is 11.8. The number of hydrogen-bond acceptors (Lipinski definition) is 5. The van der Waals surface area contributed by atoms with E-state index in [1.165, 1.54) is 6.92 Å². The first-order valence-electron chi connectivity index (χ1n) is 7.98. The second-order valence-electron chi connectivity index (χ2n) is 5.64. The van der Waals surface area contributed by atoms with Crippen molar-refractivity contribution in [3.05, 3.63) is 52.3 Å². The molecule has 1 heterocycles. The molecule has 0 saturated heterocycles. The van der Waals surface area contributed by atoms with Crippen molar-refractivity contribution in [2.24, 2.45) is 0 Å². The van der Waals surface area contributed by atoms with E-state index in [1.54, 1.807) is 38.1 Å². The molecule has 6 nitrogen and oxygen atoms in total. The van der Waals surface area contributed by atoms with Crippen molar-refractivity contribution in [1.29, 1.82) is 0 Å². The fraction of sp³-hybridized carbons (Fsp3) is 0.316. The van der Waals surface area contributed by atoms with Gasteiger partial charge in [-0.1, -0.05) is 0 Å². The van der Waals surface area contributed by atoms with Crippen LogP contribution in [0.5, 0.6) is 5.75 Å². The Morgan fingerprint density at radius 1 is 1.08 bits per heavy atom. The predicted molar refractivity (Wildman–Crippen MR) is 92.5 cm³/mol. The van der Waals surface area contributed by atoms with E-state index in [1.807, 2.05) is 6.92 Å². The van der Waals surface area contributed by atoms with Gasteiger partial charge in [0.05, 0.1) is 6.61 Å². The van der Waals surface area contributed by atoms with E-state index < -0.39 is 5.97 Å². The minimum absolute atomic E-state index is 0.129. The number of aromatic nitrogens is 1. The van der Waals surface area contributed by atoms with Crippen LogP contribution >= 0.6 is 0 Å². The molecule has 2 aromatic rings. The Bertz CT molecular complexity index is 802. The fourth-order valence-corrected chi connectivity index (χ4v) is 2.67. The standard InChI is InChI=1S/C19H21NO5/c1-5-24-15-8-6-14(7-9-15)16(22)10-25-19(23)18-11(2)17(13(4)21)12(3)20-18/h6-9,20H,5,10H2,1-4H3. The van der Waals surface area contributed by atoms with E-state index in [0.29, 0.717) is 34.7 Å². The number of aryl methyl sites for hydroxylation is 1. The maximum atomic E-state index is 12.2. The number of aromatic amines is 1. The third-order valence-electron chi connectivity index (χ3n) is 3.82. The molecule has 1 aromatic heterocycles. The molecule has 132 valence electrons. The third-order valence-corrected chi connectivity index (χ3v) is 3.82. The SMILES string of the molecule is CCOc1ccc(C(=O)COC(=O)c2[nH]c(C)c(C(C)=O)c2C)cc1. The highest BCUT2D eigenvalue weighted by Gasteiger charge is 2.21. The topological polar surface area (TPSA) is 85.5 Å². The Morgan fingerprint density at radius 2 is 1.72 bits per heavy atom. The summed E-state index contributed by atoms with van der Waals surface area (Å²) >= 11 is 0. The predicted octanol–water partition coefficient (Wildman–Crippen LogP) is 3.27. The number of ether oxygens (including phenoxy) is 2. The zero-order valence-corrected chi connectivity index (χ0v) is 14.8. The lowest BCUT2D eigenvalue weighted by Crippen LogP contribution is -2.15. The summed E-state index contributed by atoms with van der Waals surface area (Å²) in [5.41, 5.74) is 2.24. The maximum absolute atomic E-state index is 12.2. The molecule has 0 unspecified atom stereocenters. The molecule has 0 aliphatic carbocycles. The van der Waals surface area contributed by atoms with Gasteiger partial charge in [-0.3, -0.25) is 9.59 Å². The van der Waals surface area contributed by atoms with Crippen molar-refractivity contribution < 1.29 is 23.9 Å². The summed E-state index contributed by atoms with van der Waals surface area (Å²) in [6, 6.07) is 6.63. The number of H-pyrrole nitrogens is 1. The molecule has 2 rings (SSSR count). The van der Waals surface area contributed by atoms with Gasteiger partial charge >= 0.3 is 5.97 Å². The van der Waals surface area contributed by atoms with E-state index in [0.717, 1.165) is 0 Å². The minimum Gasteiger partial charge on any atom is -0.494 e. The summed E-state index contributed by atoms with van der Waals surface area (Å²) < 4.78 is 10.4. The Balaban J connectivity index is 2.03. The van der Waals surface area contributed by atoms with Crippen LogP contribution in [0.15, 0.2) is 24.3 Å². The molecule has 0 fully saturated rings. The first kappa shape index (κ1) is 18.4. The fourth-order valence-electron chi connectivity index (χ4n) is 2.67. The zero-order chi connectivity index (χ0) is 18.6. The van der Waals surface area contributed by atoms with Gasteiger partial charge in [0.15, 0.2) is 18.2 Å². The number of rotatable bonds is 7. The zero-order valence-electron chi connectivity index (χ0n) is 14.8. The second kappa shape index (κ2) is 7.79. The molecule has 0 radical (unpaired) electrons. The van der Waals surface area contributed by atoms with Gasteiger partial charge in [-0.25, -0.2) is 4.79 Å². The molecule has 1 aromatic carbocycles. The molecule has 0 aliphatic heterocycles. The molecule has 25 heavy (non-hydrogen) atoms. The van der Waals surface area contributed by atoms with Gasteiger partial charge < -0.3 is 14.5 Å². The van der Waals surface area contributed by atoms with Crippen molar-refractivity contribution >= 4 is 17.5 Å². The van der Waals surface area contributed by atoms with Gasteiger partial charge in [0.2, 0.25) is 0 Å². The molecule has 1 N–H and O–H groups in total. The second-order valence-corrected chi connectivity index (χ2v) is 5.64. The lowest BCUT2D eigenvalue weighted by atomic mass is 10.1. The number of carbonyl (C=O) groups excluding carboxylic acids is 3. The summed E-state index contributed by atoms with van der Waals surface area (Å²) in [5, 5.41) is 0. The van der Waals surface area contributed by atoms with E-state index in [2.05, 4.69) is 4.98 Å². The summed E-state index contributed by atoms with van der Waals surface area (Å²) in [4.78, 5) is 38.8. The molecular weight excluding hydrogens is 322 g/mol. The van der Waals surface area contributed by atoms with E-state index in [-0.39, 0.29) is 23.9 Å². The monoisotopic (exact) mass is 343 g/mol. The van der Waals surface area contributed by atoms with Crippen LogP contribution in [0.2, 0.25) is 0 Å². The van der Waals surface area contributed by atoms with Crippen LogP contribution in [-0.4, -0.2) is 35.7 Å². The molecular formula is C19H21NO5. The van der Waals surface area contributed by atoms with Crippen molar-refractivity contribution in [3.63, 3.8) is 0 Å². The summed E-state index contributed by atoms with van der Waals surface area (Å²) in [7, 11) is 0. The van der Waals surface area contributed by atoms with Crippen molar-refractivity contribution in [2.75, 3.05) is 13.2 Å². The Labute approximate surface area is 146 Å². The van der Waals surface area contributed by atoms with Gasteiger partial charge in [0.25, 0.3) is 0 Å². The van der Waals surface area contributed by atoms with E-state index >= 15 is 0 Å². The Hall–Kier alpha value is -2.89. The quantitative estimate of drug-likeness (QED) is 0.616. The van der Waals surface area contributed by atoms with Crippen LogP contribution in [0.1, 0.15) is 56.3 Å². The number of esters is 1. The van der Waals surface area contributed by atoms with Gasteiger partial charge in [0.1, 0.15) is 11.4 Å². The number of Topliss-reactive ketones (excluding diaryl/α,β-unsaturated/α-hetero) is 2. The molecule has 0 aliphatic rings. The summed E-state index contributed by atoms with van der Waals surface area (Å²) in [5.74, 6) is -0.433. The van der Waals surface area contributed by atoms with Crippen LogP contribution in [0, 0.1) is 13.8 Å². The normalized spacial score (nSPS) is 10.4. The number of ketones is 2. The molecule has 0 atom stereocenters. The average molecular weight is 343 g/mol.